The van der Waals surface area contributed by atoms with Gasteiger partial charge in [-0.15, -0.1) is 11.3 Å². The average molecular weight is 396 g/mol. The zero-order valence-corrected chi connectivity index (χ0v) is 15.8. The SMILES string of the molecule is Cc1cc(Cl)cc(/C(O)=C/C(=O)c2cc3cc4ccccc4nc3s2)c1O. The molecule has 0 saturated carbocycles. The number of allylic oxidation sites excluding steroid dienone is 1. The van der Waals surface area contributed by atoms with E-state index in [2.05, 4.69) is 4.98 Å². The second-order valence-electron chi connectivity index (χ2n) is 6.20. The summed E-state index contributed by atoms with van der Waals surface area (Å²) in [6.45, 7) is 1.67. The van der Waals surface area contributed by atoms with E-state index < -0.39 is 0 Å². The Balaban J connectivity index is 1.74. The van der Waals surface area contributed by atoms with Gasteiger partial charge < -0.3 is 10.2 Å². The van der Waals surface area contributed by atoms with E-state index in [1.54, 1.807) is 19.1 Å². The quantitative estimate of drug-likeness (QED) is 0.257. The summed E-state index contributed by atoms with van der Waals surface area (Å²) in [5.41, 5.74) is 1.50. The van der Waals surface area contributed by atoms with Crippen LogP contribution in [0.5, 0.6) is 5.75 Å². The second-order valence-corrected chi connectivity index (χ2v) is 7.67. The van der Waals surface area contributed by atoms with Crippen molar-refractivity contribution in [2.24, 2.45) is 0 Å². The van der Waals surface area contributed by atoms with Crippen molar-refractivity contribution >= 4 is 55.6 Å². The summed E-state index contributed by atoms with van der Waals surface area (Å²) < 4.78 is 0. The maximum atomic E-state index is 12.6. The number of thiophene rings is 1. The third-order valence-electron chi connectivity index (χ3n) is 4.26. The minimum atomic E-state index is -0.364. The zero-order chi connectivity index (χ0) is 19.1. The fourth-order valence-electron chi connectivity index (χ4n) is 2.90. The normalized spacial score (nSPS) is 12.0. The number of carbonyl (C=O) groups is 1. The molecule has 0 radical (unpaired) electrons. The van der Waals surface area contributed by atoms with E-state index in [0.29, 0.717) is 15.5 Å². The first-order valence-corrected chi connectivity index (χ1v) is 9.35. The van der Waals surface area contributed by atoms with Crippen LogP contribution in [0.15, 0.2) is 54.6 Å². The second kappa shape index (κ2) is 6.68. The lowest BCUT2D eigenvalue weighted by molar-refractivity contribution is 0.105. The number of aromatic hydroxyl groups is 1. The summed E-state index contributed by atoms with van der Waals surface area (Å²) in [4.78, 5) is 18.4. The maximum absolute atomic E-state index is 12.6. The van der Waals surface area contributed by atoms with Crippen LogP contribution in [0.3, 0.4) is 0 Å². The zero-order valence-electron chi connectivity index (χ0n) is 14.2. The Labute approximate surface area is 164 Å². The van der Waals surface area contributed by atoms with E-state index >= 15 is 0 Å². The lowest BCUT2D eigenvalue weighted by atomic mass is 10.1. The molecule has 0 aliphatic heterocycles. The van der Waals surface area contributed by atoms with Gasteiger partial charge in [-0.2, -0.15) is 0 Å². The molecule has 134 valence electrons. The minimum Gasteiger partial charge on any atom is -0.507 e. The molecule has 2 aromatic heterocycles. The number of hydrogen-bond donors (Lipinski definition) is 2. The summed E-state index contributed by atoms with van der Waals surface area (Å²) in [7, 11) is 0. The third-order valence-corrected chi connectivity index (χ3v) is 5.54. The number of halogens is 1. The van der Waals surface area contributed by atoms with Crippen molar-refractivity contribution in [1.29, 1.82) is 0 Å². The molecule has 27 heavy (non-hydrogen) atoms. The van der Waals surface area contributed by atoms with Crippen molar-refractivity contribution in [3.8, 4) is 5.75 Å². The van der Waals surface area contributed by atoms with Crippen LogP contribution >= 0.6 is 22.9 Å². The number of rotatable bonds is 3. The first-order valence-electron chi connectivity index (χ1n) is 8.16. The van der Waals surface area contributed by atoms with Crippen molar-refractivity contribution in [1.82, 2.24) is 4.98 Å². The summed E-state index contributed by atoms with van der Waals surface area (Å²) in [5, 5.41) is 22.7. The number of carbonyl (C=O) groups excluding carboxylic acids is 1. The standard InChI is InChI=1S/C21H14ClNO3S/c1-11-6-14(22)9-15(20(11)26)17(24)10-18(25)19-8-13-7-12-4-2-3-5-16(12)23-21(13)27-19/h2-10,24,26H,1H3/b17-10-. The fourth-order valence-corrected chi connectivity index (χ4v) is 4.11. The van der Waals surface area contributed by atoms with E-state index in [-0.39, 0.29) is 22.9 Å². The van der Waals surface area contributed by atoms with E-state index in [1.807, 2.05) is 30.3 Å². The topological polar surface area (TPSA) is 70.4 Å². The summed E-state index contributed by atoms with van der Waals surface area (Å²) in [6.07, 6.45) is 1.09. The highest BCUT2D eigenvalue weighted by atomic mass is 35.5. The van der Waals surface area contributed by atoms with Crippen LogP contribution in [0.1, 0.15) is 20.8 Å². The molecule has 0 unspecified atom stereocenters. The molecule has 0 spiro atoms. The van der Waals surface area contributed by atoms with Gasteiger partial charge in [0.2, 0.25) is 0 Å². The van der Waals surface area contributed by atoms with E-state index in [9.17, 15) is 15.0 Å². The first kappa shape index (κ1) is 17.5. The lowest BCUT2D eigenvalue weighted by Gasteiger charge is -2.07. The van der Waals surface area contributed by atoms with E-state index in [4.69, 9.17) is 11.6 Å². The number of benzene rings is 2. The highest BCUT2D eigenvalue weighted by Gasteiger charge is 2.15. The number of phenols is 1. The molecule has 0 atom stereocenters. The van der Waals surface area contributed by atoms with Gasteiger partial charge >= 0.3 is 0 Å². The number of aryl methyl sites for hydroxylation is 1. The minimum absolute atomic E-state index is 0.106. The number of hydrogen-bond acceptors (Lipinski definition) is 5. The van der Waals surface area contributed by atoms with Crippen molar-refractivity contribution in [3.63, 3.8) is 0 Å². The van der Waals surface area contributed by atoms with Crippen LogP contribution in [0.4, 0.5) is 0 Å². The van der Waals surface area contributed by atoms with E-state index in [1.165, 1.54) is 17.4 Å². The predicted molar refractivity (Wildman–Crippen MR) is 110 cm³/mol. The number of fused-ring (bicyclic) bond motifs is 2. The molecule has 0 bridgehead atoms. The fraction of sp³-hybridized carbons (Fsp3) is 0.0476. The number of para-hydroxylation sites is 1. The van der Waals surface area contributed by atoms with Crippen molar-refractivity contribution in [3.05, 3.63) is 75.6 Å². The molecule has 0 saturated heterocycles. The number of ketones is 1. The summed E-state index contributed by atoms with van der Waals surface area (Å²) >= 11 is 7.25. The molecule has 0 aliphatic carbocycles. The Kier molecular flexibility index (Phi) is 4.34. The van der Waals surface area contributed by atoms with Crippen molar-refractivity contribution in [2.75, 3.05) is 0 Å². The smallest absolute Gasteiger partial charge is 0.199 e. The highest BCUT2D eigenvalue weighted by molar-refractivity contribution is 7.20. The van der Waals surface area contributed by atoms with Gasteiger partial charge in [-0.25, -0.2) is 4.98 Å². The van der Waals surface area contributed by atoms with Crippen LogP contribution < -0.4 is 0 Å². The van der Waals surface area contributed by atoms with Crippen LogP contribution in [-0.4, -0.2) is 21.0 Å². The van der Waals surface area contributed by atoms with E-state index in [0.717, 1.165) is 27.2 Å². The highest BCUT2D eigenvalue weighted by Crippen LogP contribution is 2.32. The van der Waals surface area contributed by atoms with Crippen LogP contribution in [0.25, 0.3) is 26.9 Å². The first-order chi connectivity index (χ1) is 12.9. The van der Waals surface area contributed by atoms with Crippen molar-refractivity contribution in [2.45, 2.75) is 6.92 Å². The molecule has 4 nitrogen and oxygen atoms in total. The van der Waals surface area contributed by atoms with Gasteiger partial charge in [0, 0.05) is 21.9 Å². The van der Waals surface area contributed by atoms with Crippen LogP contribution in [0, 0.1) is 6.92 Å². The van der Waals surface area contributed by atoms with Crippen LogP contribution in [-0.2, 0) is 0 Å². The molecule has 2 N–H and O–H groups in total. The molecule has 2 aromatic carbocycles. The molecular formula is C21H14ClNO3S. The molecule has 2 heterocycles. The van der Waals surface area contributed by atoms with Gasteiger partial charge in [-0.1, -0.05) is 29.8 Å². The number of aromatic nitrogens is 1. The average Bonchev–Trinajstić information content (AvgIpc) is 3.05. The number of aliphatic hydroxyl groups is 1. The molecule has 4 rings (SSSR count). The summed E-state index contributed by atoms with van der Waals surface area (Å²) in [6, 6.07) is 14.5. The molecule has 0 fully saturated rings. The van der Waals surface area contributed by atoms with Gasteiger partial charge in [0.25, 0.3) is 0 Å². The third kappa shape index (κ3) is 3.27. The Morgan fingerprint density at radius 3 is 2.74 bits per heavy atom. The Morgan fingerprint density at radius 2 is 1.93 bits per heavy atom. The molecular weight excluding hydrogens is 382 g/mol. The summed E-state index contributed by atoms with van der Waals surface area (Å²) in [5.74, 6) is -0.805. The largest absolute Gasteiger partial charge is 0.507 e. The van der Waals surface area contributed by atoms with Gasteiger partial charge in [0.05, 0.1) is 16.0 Å². The van der Waals surface area contributed by atoms with Crippen LogP contribution in [0.2, 0.25) is 5.02 Å². The van der Waals surface area contributed by atoms with Gasteiger partial charge in [0.1, 0.15) is 16.3 Å². The number of pyridine rings is 1. The number of nitrogens with zero attached hydrogens (tertiary/aromatic N) is 1. The maximum Gasteiger partial charge on any atom is 0.199 e. The Bertz CT molecular complexity index is 1190. The molecule has 0 aliphatic rings. The van der Waals surface area contributed by atoms with Crippen molar-refractivity contribution < 1.29 is 15.0 Å². The molecule has 6 heteroatoms. The van der Waals surface area contributed by atoms with Gasteiger partial charge in [0.15, 0.2) is 5.78 Å². The number of aliphatic hydroxyl groups excluding tert-OH is 1. The Hall–Kier alpha value is -2.89. The predicted octanol–water partition coefficient (Wildman–Crippen LogP) is 5.90. The van der Waals surface area contributed by atoms with Gasteiger partial charge in [-0.3, -0.25) is 4.79 Å². The molecule has 4 aromatic rings. The lowest BCUT2D eigenvalue weighted by Crippen LogP contribution is -1.94. The number of phenolic OH excluding ortho intramolecular Hbond substituents is 1. The molecule has 0 amide bonds. The van der Waals surface area contributed by atoms with Gasteiger partial charge in [-0.05, 0) is 42.8 Å². The Morgan fingerprint density at radius 1 is 1.15 bits per heavy atom. The monoisotopic (exact) mass is 395 g/mol.